The summed E-state index contributed by atoms with van der Waals surface area (Å²) >= 11 is 1.33. The lowest BCUT2D eigenvalue weighted by Gasteiger charge is -2.57. The molecule has 154 valence electrons. The van der Waals surface area contributed by atoms with Crippen LogP contribution >= 0.6 is 11.8 Å². The van der Waals surface area contributed by atoms with Gasteiger partial charge in [-0.2, -0.15) is 0 Å². The second-order valence-corrected chi connectivity index (χ2v) is 10.5. The zero-order chi connectivity index (χ0) is 20.1. The van der Waals surface area contributed by atoms with Crippen LogP contribution in [0.3, 0.4) is 0 Å². The predicted molar refractivity (Wildman–Crippen MR) is 120 cm³/mol. The molecule has 4 aliphatic carbocycles. The fourth-order valence-electron chi connectivity index (χ4n) is 6.61. The Balaban J connectivity index is 1.09. The molecule has 4 nitrogen and oxygen atoms in total. The van der Waals surface area contributed by atoms with E-state index in [9.17, 15) is 4.79 Å². The van der Waals surface area contributed by atoms with Crippen molar-refractivity contribution in [1.29, 1.82) is 0 Å². The maximum Gasteiger partial charge on any atom is 0.257 e. The van der Waals surface area contributed by atoms with Gasteiger partial charge in [0.05, 0.1) is 5.75 Å². The van der Waals surface area contributed by atoms with Crippen LogP contribution in [-0.4, -0.2) is 16.6 Å². The molecule has 1 aromatic heterocycles. The van der Waals surface area contributed by atoms with Crippen molar-refractivity contribution in [2.45, 2.75) is 49.2 Å². The van der Waals surface area contributed by atoms with E-state index in [2.05, 4.69) is 34.6 Å². The third kappa shape index (κ3) is 3.33. The van der Waals surface area contributed by atoms with Crippen molar-refractivity contribution >= 4 is 34.5 Å². The Morgan fingerprint density at radius 3 is 2.33 bits per heavy atom. The molecule has 0 atom stereocenters. The number of rotatable bonds is 5. The number of fused-ring (bicyclic) bond motifs is 1. The number of carbonyl (C=O) groups excluding carboxylic acids is 1. The Kier molecular flexibility index (Phi) is 4.41. The normalized spacial score (nSPS) is 29.4. The number of anilines is 1. The number of oxazole rings is 1. The van der Waals surface area contributed by atoms with Crippen LogP contribution in [0.5, 0.6) is 0 Å². The highest BCUT2D eigenvalue weighted by atomic mass is 32.2. The lowest BCUT2D eigenvalue weighted by Crippen LogP contribution is -2.48. The fourth-order valence-corrected chi connectivity index (χ4v) is 7.25. The molecule has 0 saturated heterocycles. The van der Waals surface area contributed by atoms with Crippen LogP contribution in [0.1, 0.15) is 44.1 Å². The summed E-state index contributed by atoms with van der Waals surface area (Å²) in [5, 5.41) is 3.55. The van der Waals surface area contributed by atoms with E-state index in [4.69, 9.17) is 4.42 Å². The van der Waals surface area contributed by atoms with E-state index in [-0.39, 0.29) is 11.7 Å². The first-order chi connectivity index (χ1) is 14.6. The van der Waals surface area contributed by atoms with Crippen molar-refractivity contribution in [1.82, 2.24) is 4.98 Å². The third-order valence-corrected chi connectivity index (χ3v) is 8.25. The van der Waals surface area contributed by atoms with E-state index in [1.807, 2.05) is 24.3 Å². The van der Waals surface area contributed by atoms with E-state index >= 15 is 0 Å². The van der Waals surface area contributed by atoms with Crippen LogP contribution in [0.4, 0.5) is 5.69 Å². The van der Waals surface area contributed by atoms with Crippen molar-refractivity contribution in [3.63, 3.8) is 0 Å². The van der Waals surface area contributed by atoms with Gasteiger partial charge in [-0.3, -0.25) is 4.79 Å². The average molecular weight is 419 g/mol. The first kappa shape index (κ1) is 18.5. The number of nitrogens with zero attached hydrogens (tertiary/aromatic N) is 1. The van der Waals surface area contributed by atoms with E-state index in [0.29, 0.717) is 10.6 Å². The van der Waals surface area contributed by atoms with Crippen molar-refractivity contribution in [2.75, 3.05) is 11.1 Å². The standard InChI is InChI=1S/C25H26N2O2S/c28-23(15-30-24-27-21-3-1-2-4-22(21)29-24)26-20-7-5-19(6-8-20)25-12-16-9-17(13-25)11-18(10-16)14-25/h1-8,16-18H,9-15H2,(H,26,28). The summed E-state index contributed by atoms with van der Waals surface area (Å²) in [7, 11) is 0. The minimum Gasteiger partial charge on any atom is -0.431 e. The van der Waals surface area contributed by atoms with Crippen LogP contribution in [0.15, 0.2) is 58.2 Å². The van der Waals surface area contributed by atoms with Crippen LogP contribution in [-0.2, 0) is 10.2 Å². The molecule has 7 rings (SSSR count). The van der Waals surface area contributed by atoms with Crippen molar-refractivity contribution in [3.05, 3.63) is 54.1 Å². The molecule has 4 saturated carbocycles. The van der Waals surface area contributed by atoms with Gasteiger partial charge in [0.15, 0.2) is 5.58 Å². The van der Waals surface area contributed by atoms with Crippen LogP contribution in [0.25, 0.3) is 11.1 Å². The summed E-state index contributed by atoms with van der Waals surface area (Å²) in [5.74, 6) is 3.08. The van der Waals surface area contributed by atoms with Crippen LogP contribution in [0, 0.1) is 17.8 Å². The zero-order valence-electron chi connectivity index (χ0n) is 17.0. The number of hydrogen-bond donors (Lipinski definition) is 1. The molecule has 4 aliphatic rings. The summed E-state index contributed by atoms with van der Waals surface area (Å²) in [6, 6.07) is 16.3. The number of carbonyl (C=O) groups is 1. The van der Waals surface area contributed by atoms with Gasteiger partial charge in [0.25, 0.3) is 5.22 Å². The molecular weight excluding hydrogens is 392 g/mol. The molecule has 4 bridgehead atoms. The first-order valence-corrected chi connectivity index (χ1v) is 12.0. The van der Waals surface area contributed by atoms with Gasteiger partial charge in [0, 0.05) is 5.69 Å². The first-order valence-electron chi connectivity index (χ1n) is 11.0. The second-order valence-electron chi connectivity index (χ2n) is 9.56. The number of benzene rings is 2. The van der Waals surface area contributed by atoms with Gasteiger partial charge in [-0.15, -0.1) is 0 Å². The molecule has 1 heterocycles. The lowest BCUT2D eigenvalue weighted by atomic mass is 9.48. The maximum absolute atomic E-state index is 12.4. The van der Waals surface area contributed by atoms with E-state index in [0.717, 1.165) is 34.5 Å². The van der Waals surface area contributed by atoms with Gasteiger partial charge in [-0.05, 0) is 91.5 Å². The summed E-state index contributed by atoms with van der Waals surface area (Å²) in [6.07, 6.45) is 8.49. The van der Waals surface area contributed by atoms with Gasteiger partial charge in [-0.25, -0.2) is 4.98 Å². The average Bonchev–Trinajstić information content (AvgIpc) is 3.15. The molecule has 0 spiro atoms. The molecule has 4 fully saturated rings. The predicted octanol–water partition coefficient (Wildman–Crippen LogP) is 6.03. The minimum atomic E-state index is -0.0372. The Labute approximate surface area is 180 Å². The summed E-state index contributed by atoms with van der Waals surface area (Å²) in [5.41, 5.74) is 4.33. The highest BCUT2D eigenvalue weighted by Crippen LogP contribution is 2.60. The number of hydrogen-bond acceptors (Lipinski definition) is 4. The van der Waals surface area contributed by atoms with Gasteiger partial charge >= 0.3 is 0 Å². The van der Waals surface area contributed by atoms with Gasteiger partial charge in [-0.1, -0.05) is 36.0 Å². The minimum absolute atomic E-state index is 0.0372. The van der Waals surface area contributed by atoms with Crippen LogP contribution < -0.4 is 5.32 Å². The Bertz CT molecular complexity index is 1020. The molecule has 30 heavy (non-hydrogen) atoms. The van der Waals surface area contributed by atoms with E-state index in [1.165, 1.54) is 55.9 Å². The highest BCUT2D eigenvalue weighted by Gasteiger charge is 2.51. The molecule has 0 aliphatic heterocycles. The van der Waals surface area contributed by atoms with Gasteiger partial charge < -0.3 is 9.73 Å². The Morgan fingerprint density at radius 2 is 1.67 bits per heavy atom. The van der Waals surface area contributed by atoms with E-state index in [1.54, 1.807) is 0 Å². The molecule has 0 radical (unpaired) electrons. The van der Waals surface area contributed by atoms with Crippen molar-refractivity contribution in [2.24, 2.45) is 17.8 Å². The number of para-hydroxylation sites is 2. The van der Waals surface area contributed by atoms with Gasteiger partial charge in [0.2, 0.25) is 5.91 Å². The largest absolute Gasteiger partial charge is 0.431 e. The molecule has 3 aromatic rings. The topological polar surface area (TPSA) is 55.1 Å². The summed E-state index contributed by atoms with van der Waals surface area (Å²) in [4.78, 5) is 16.8. The quantitative estimate of drug-likeness (QED) is 0.514. The fraction of sp³-hybridized carbons (Fsp3) is 0.440. The number of thioether (sulfide) groups is 1. The van der Waals surface area contributed by atoms with Crippen molar-refractivity contribution in [3.8, 4) is 0 Å². The molecule has 5 heteroatoms. The van der Waals surface area contributed by atoms with Crippen LogP contribution in [0.2, 0.25) is 0 Å². The smallest absolute Gasteiger partial charge is 0.257 e. The highest BCUT2D eigenvalue weighted by molar-refractivity contribution is 7.99. The molecule has 1 N–H and O–H groups in total. The SMILES string of the molecule is O=C(CSc1nc2ccccc2o1)Nc1ccc(C23CC4CC(CC(C4)C2)C3)cc1. The third-order valence-electron chi connectivity index (χ3n) is 7.42. The van der Waals surface area contributed by atoms with Gasteiger partial charge in [0.1, 0.15) is 5.52 Å². The number of aromatic nitrogens is 1. The number of nitrogens with one attached hydrogen (secondary N) is 1. The van der Waals surface area contributed by atoms with E-state index < -0.39 is 0 Å². The Hall–Kier alpha value is -2.27. The molecule has 1 amide bonds. The maximum atomic E-state index is 12.4. The van der Waals surface area contributed by atoms with Crippen molar-refractivity contribution < 1.29 is 9.21 Å². The zero-order valence-corrected chi connectivity index (χ0v) is 17.8. The number of amides is 1. The summed E-state index contributed by atoms with van der Waals surface area (Å²) in [6.45, 7) is 0. The second kappa shape index (κ2) is 7.16. The monoisotopic (exact) mass is 418 g/mol. The lowest BCUT2D eigenvalue weighted by molar-refractivity contribution is -0.113. The Morgan fingerprint density at radius 1 is 1.00 bits per heavy atom. The molecule has 0 unspecified atom stereocenters. The molecular formula is C25H26N2O2S. The molecule has 2 aromatic carbocycles. The summed E-state index contributed by atoms with van der Waals surface area (Å²) < 4.78 is 5.67.